The average molecular weight is 307 g/mol. The molecule has 0 fully saturated rings. The van der Waals surface area contributed by atoms with Gasteiger partial charge in [-0.25, -0.2) is 0 Å². The summed E-state index contributed by atoms with van der Waals surface area (Å²) in [7, 11) is 0. The Hall–Kier alpha value is -1.16. The number of thioether (sulfide) groups is 1. The minimum absolute atomic E-state index is 0.106. The molecule has 2 nitrogen and oxygen atoms in total. The van der Waals surface area contributed by atoms with Crippen molar-refractivity contribution in [1.82, 2.24) is 0 Å². The van der Waals surface area contributed by atoms with Crippen molar-refractivity contribution in [3.8, 4) is 5.75 Å². The van der Waals surface area contributed by atoms with Crippen LogP contribution in [0, 0.1) is 0 Å². The van der Waals surface area contributed by atoms with E-state index < -0.39 is 0 Å². The molecule has 104 valence electrons. The first kappa shape index (κ1) is 13.8. The van der Waals surface area contributed by atoms with E-state index in [2.05, 4.69) is 24.3 Å². The van der Waals surface area contributed by atoms with Crippen molar-refractivity contribution in [2.75, 3.05) is 12.4 Å². The summed E-state index contributed by atoms with van der Waals surface area (Å²) < 4.78 is 5.89. The highest BCUT2D eigenvalue weighted by Crippen LogP contribution is 2.39. The van der Waals surface area contributed by atoms with Crippen molar-refractivity contribution >= 4 is 23.4 Å². The Balaban J connectivity index is 1.74. The quantitative estimate of drug-likeness (QED) is 0.922. The van der Waals surface area contributed by atoms with Crippen LogP contribution in [-0.4, -0.2) is 17.5 Å². The Bertz CT molecular complexity index is 615. The van der Waals surface area contributed by atoms with Crippen LogP contribution < -0.4 is 4.74 Å². The number of halogens is 1. The SMILES string of the molecule is OCc1c(Cl)cccc1OCC1CSc2ccccc21. The molecule has 1 N–H and O–H groups in total. The first-order valence-electron chi connectivity index (χ1n) is 6.52. The molecule has 1 aliphatic heterocycles. The Labute approximate surface area is 127 Å². The Kier molecular flexibility index (Phi) is 4.20. The van der Waals surface area contributed by atoms with Gasteiger partial charge in [0.25, 0.3) is 0 Å². The third-order valence-electron chi connectivity index (χ3n) is 3.47. The summed E-state index contributed by atoms with van der Waals surface area (Å²) in [6, 6.07) is 13.9. The third kappa shape index (κ3) is 2.66. The molecule has 0 radical (unpaired) electrons. The smallest absolute Gasteiger partial charge is 0.126 e. The van der Waals surface area contributed by atoms with E-state index in [1.54, 1.807) is 6.07 Å². The van der Waals surface area contributed by atoms with Crippen LogP contribution in [0.25, 0.3) is 0 Å². The summed E-state index contributed by atoms with van der Waals surface area (Å²) in [5.41, 5.74) is 2.01. The lowest BCUT2D eigenvalue weighted by atomic mass is 10.0. The number of benzene rings is 2. The van der Waals surface area contributed by atoms with E-state index in [9.17, 15) is 5.11 Å². The fourth-order valence-electron chi connectivity index (χ4n) is 2.39. The standard InChI is InChI=1S/C16H15ClO2S/c17-14-5-3-6-15(13(14)8-18)19-9-11-10-20-16-7-2-1-4-12(11)16/h1-7,11,18H,8-10H2. The molecule has 4 heteroatoms. The van der Waals surface area contributed by atoms with E-state index in [1.165, 1.54) is 10.5 Å². The molecule has 20 heavy (non-hydrogen) atoms. The van der Waals surface area contributed by atoms with Gasteiger partial charge in [0, 0.05) is 27.2 Å². The van der Waals surface area contributed by atoms with Crippen LogP contribution in [0.4, 0.5) is 0 Å². The van der Waals surface area contributed by atoms with Crippen molar-refractivity contribution in [3.05, 3.63) is 58.6 Å². The van der Waals surface area contributed by atoms with Crippen molar-refractivity contribution in [2.45, 2.75) is 17.4 Å². The highest BCUT2D eigenvalue weighted by molar-refractivity contribution is 7.99. The Morgan fingerprint density at radius 3 is 2.90 bits per heavy atom. The molecule has 2 aromatic rings. The molecule has 0 spiro atoms. The summed E-state index contributed by atoms with van der Waals surface area (Å²) in [5.74, 6) is 2.10. The second kappa shape index (κ2) is 6.08. The number of ether oxygens (including phenoxy) is 1. The van der Waals surface area contributed by atoms with Crippen molar-refractivity contribution in [2.24, 2.45) is 0 Å². The van der Waals surface area contributed by atoms with Crippen molar-refractivity contribution < 1.29 is 9.84 Å². The fourth-order valence-corrected chi connectivity index (χ4v) is 3.84. The van der Waals surface area contributed by atoms with Gasteiger partial charge in [0.05, 0.1) is 13.2 Å². The highest BCUT2D eigenvalue weighted by atomic mass is 35.5. The lowest BCUT2D eigenvalue weighted by Gasteiger charge is -2.15. The van der Waals surface area contributed by atoms with Crippen LogP contribution in [0.15, 0.2) is 47.4 Å². The molecule has 0 bridgehead atoms. The van der Waals surface area contributed by atoms with Crippen LogP contribution in [0.2, 0.25) is 5.02 Å². The number of hydrogen-bond acceptors (Lipinski definition) is 3. The van der Waals surface area contributed by atoms with Crippen LogP contribution >= 0.6 is 23.4 Å². The van der Waals surface area contributed by atoms with Gasteiger partial charge in [-0.05, 0) is 23.8 Å². The zero-order chi connectivity index (χ0) is 13.9. The van der Waals surface area contributed by atoms with Crippen molar-refractivity contribution in [3.63, 3.8) is 0 Å². The highest BCUT2D eigenvalue weighted by Gasteiger charge is 2.23. The number of fused-ring (bicyclic) bond motifs is 1. The minimum Gasteiger partial charge on any atom is -0.492 e. The molecule has 0 aliphatic carbocycles. The molecule has 3 rings (SSSR count). The summed E-state index contributed by atoms with van der Waals surface area (Å²) in [6.07, 6.45) is 0. The fraction of sp³-hybridized carbons (Fsp3) is 0.250. The summed E-state index contributed by atoms with van der Waals surface area (Å²) in [6.45, 7) is 0.502. The number of hydrogen-bond donors (Lipinski definition) is 1. The Morgan fingerprint density at radius 2 is 2.05 bits per heavy atom. The molecule has 1 atom stereocenters. The molecule has 1 unspecified atom stereocenters. The summed E-state index contributed by atoms with van der Waals surface area (Å²) in [5, 5.41) is 9.93. The van der Waals surface area contributed by atoms with E-state index in [-0.39, 0.29) is 6.61 Å². The molecule has 1 aliphatic rings. The normalized spacial score (nSPS) is 17.0. The predicted octanol–water partition coefficient (Wildman–Crippen LogP) is 4.10. The summed E-state index contributed by atoms with van der Waals surface area (Å²) >= 11 is 7.93. The van der Waals surface area contributed by atoms with E-state index >= 15 is 0 Å². The number of aliphatic hydroxyl groups is 1. The van der Waals surface area contributed by atoms with Gasteiger partial charge >= 0.3 is 0 Å². The molecule has 2 aromatic carbocycles. The molecule has 0 aromatic heterocycles. The first-order chi connectivity index (χ1) is 9.79. The van der Waals surface area contributed by atoms with Gasteiger partial charge in [0.1, 0.15) is 5.75 Å². The van der Waals surface area contributed by atoms with Gasteiger partial charge in [-0.15, -0.1) is 11.8 Å². The maximum absolute atomic E-state index is 9.38. The van der Waals surface area contributed by atoms with Gasteiger partial charge in [-0.3, -0.25) is 0 Å². The lowest BCUT2D eigenvalue weighted by molar-refractivity contribution is 0.257. The number of rotatable bonds is 4. The summed E-state index contributed by atoms with van der Waals surface area (Å²) in [4.78, 5) is 1.34. The van der Waals surface area contributed by atoms with Crippen LogP contribution in [0.3, 0.4) is 0 Å². The molecule has 0 saturated carbocycles. The molecule has 1 heterocycles. The molecule has 0 saturated heterocycles. The predicted molar refractivity (Wildman–Crippen MR) is 82.8 cm³/mol. The topological polar surface area (TPSA) is 29.5 Å². The maximum atomic E-state index is 9.38. The van der Waals surface area contributed by atoms with E-state index in [0.717, 1.165) is 5.75 Å². The van der Waals surface area contributed by atoms with E-state index in [1.807, 2.05) is 23.9 Å². The third-order valence-corrected chi connectivity index (χ3v) is 5.08. The maximum Gasteiger partial charge on any atom is 0.126 e. The molecular weight excluding hydrogens is 292 g/mol. The Morgan fingerprint density at radius 1 is 1.20 bits per heavy atom. The zero-order valence-corrected chi connectivity index (χ0v) is 12.5. The second-order valence-electron chi connectivity index (χ2n) is 4.73. The van der Waals surface area contributed by atoms with Gasteiger partial charge in [0.2, 0.25) is 0 Å². The van der Waals surface area contributed by atoms with E-state index in [0.29, 0.717) is 28.9 Å². The van der Waals surface area contributed by atoms with E-state index in [4.69, 9.17) is 16.3 Å². The van der Waals surface area contributed by atoms with Gasteiger partial charge < -0.3 is 9.84 Å². The van der Waals surface area contributed by atoms with Gasteiger partial charge in [0.15, 0.2) is 0 Å². The van der Waals surface area contributed by atoms with Gasteiger partial charge in [-0.2, -0.15) is 0 Å². The second-order valence-corrected chi connectivity index (χ2v) is 6.20. The van der Waals surface area contributed by atoms with Crippen LogP contribution in [0.1, 0.15) is 17.0 Å². The number of aliphatic hydroxyl groups excluding tert-OH is 1. The zero-order valence-electron chi connectivity index (χ0n) is 10.9. The van der Waals surface area contributed by atoms with Crippen LogP contribution in [0.5, 0.6) is 5.75 Å². The lowest BCUT2D eigenvalue weighted by Crippen LogP contribution is -2.10. The molecular formula is C16H15ClO2S. The monoisotopic (exact) mass is 306 g/mol. The molecule has 0 amide bonds. The largest absolute Gasteiger partial charge is 0.492 e. The van der Waals surface area contributed by atoms with Gasteiger partial charge in [-0.1, -0.05) is 35.9 Å². The minimum atomic E-state index is -0.106. The first-order valence-corrected chi connectivity index (χ1v) is 7.88. The average Bonchev–Trinajstić information content (AvgIpc) is 2.88. The van der Waals surface area contributed by atoms with Crippen molar-refractivity contribution in [1.29, 1.82) is 0 Å². The van der Waals surface area contributed by atoms with Crippen LogP contribution in [-0.2, 0) is 6.61 Å².